The van der Waals surface area contributed by atoms with E-state index < -0.39 is 45.3 Å². The topological polar surface area (TPSA) is 75.7 Å². The molecule has 0 saturated carbocycles. The summed E-state index contributed by atoms with van der Waals surface area (Å²) in [5.41, 5.74) is 4.19. The molecule has 1 aliphatic heterocycles. The van der Waals surface area contributed by atoms with Gasteiger partial charge in [0.05, 0.1) is 18.4 Å². The summed E-state index contributed by atoms with van der Waals surface area (Å²) in [5.74, 6) is -2.78. The minimum absolute atomic E-state index is 0.130. The van der Waals surface area contributed by atoms with Crippen molar-refractivity contribution < 1.29 is 19.1 Å². The van der Waals surface area contributed by atoms with E-state index in [1.54, 1.807) is 24.3 Å². The van der Waals surface area contributed by atoms with E-state index in [4.69, 9.17) is 27.9 Å². The molecule has 1 N–H and O–H groups in total. The monoisotopic (exact) mass is 610 g/mol. The Kier molecular flexibility index (Phi) is 6.60. The zero-order valence-corrected chi connectivity index (χ0v) is 24.8. The van der Waals surface area contributed by atoms with Crippen molar-refractivity contribution in [1.82, 2.24) is 4.90 Å². The van der Waals surface area contributed by atoms with Crippen molar-refractivity contribution in [1.29, 1.82) is 0 Å². The lowest BCUT2D eigenvalue weighted by Gasteiger charge is -2.54. The summed E-state index contributed by atoms with van der Waals surface area (Å²) in [6.07, 6.45) is 0.130. The third-order valence-electron chi connectivity index (χ3n) is 8.94. The zero-order chi connectivity index (χ0) is 29.9. The van der Waals surface area contributed by atoms with E-state index in [9.17, 15) is 14.4 Å². The van der Waals surface area contributed by atoms with E-state index in [-0.39, 0.29) is 6.42 Å². The summed E-state index contributed by atoms with van der Waals surface area (Å²) in [6.45, 7) is 2.41. The molecular formula is C35H28Cl2N2O4. The lowest BCUT2D eigenvalue weighted by Crippen LogP contribution is -2.57. The molecule has 8 heteroatoms. The van der Waals surface area contributed by atoms with Crippen molar-refractivity contribution in [2.45, 2.75) is 29.1 Å². The smallest absolute Gasteiger partial charge is 0.248 e. The number of ether oxygens (including phenoxy) is 1. The third-order valence-corrected chi connectivity index (χ3v) is 10.2. The Balaban J connectivity index is 1.32. The molecule has 0 spiro atoms. The Bertz CT molecular complexity index is 1640. The molecule has 0 radical (unpaired) electrons. The van der Waals surface area contributed by atoms with Crippen LogP contribution in [0.4, 0.5) is 5.69 Å². The second-order valence-corrected chi connectivity index (χ2v) is 12.4. The summed E-state index contributed by atoms with van der Waals surface area (Å²) in [4.78, 5) is 41.7. The highest BCUT2D eigenvalue weighted by Gasteiger charge is 2.73. The van der Waals surface area contributed by atoms with Gasteiger partial charge in [0, 0.05) is 12.1 Å². The highest BCUT2D eigenvalue weighted by Crippen LogP contribution is 2.69. The fourth-order valence-corrected chi connectivity index (χ4v) is 8.26. The number of carbonyl (C=O) groups excluding carboxylic acids is 3. The lowest BCUT2D eigenvalue weighted by molar-refractivity contribution is -0.146. The highest BCUT2D eigenvalue weighted by molar-refractivity contribution is 6.36. The Morgan fingerprint density at radius 2 is 1.23 bits per heavy atom. The number of benzene rings is 4. The van der Waals surface area contributed by atoms with Gasteiger partial charge in [-0.25, -0.2) is 0 Å². The summed E-state index contributed by atoms with van der Waals surface area (Å²) in [5, 5.41) is 2.92. The average Bonchev–Trinajstić information content (AvgIpc) is 3.30. The van der Waals surface area contributed by atoms with Crippen LogP contribution in [0.15, 0.2) is 103 Å². The summed E-state index contributed by atoms with van der Waals surface area (Å²) in [7, 11) is 0. The number of nitrogens with zero attached hydrogens (tertiary/aromatic N) is 1. The molecule has 2 bridgehead atoms. The van der Waals surface area contributed by atoms with Gasteiger partial charge in [0.25, 0.3) is 0 Å². The van der Waals surface area contributed by atoms with E-state index >= 15 is 0 Å². The predicted octanol–water partition coefficient (Wildman–Crippen LogP) is 6.23. The van der Waals surface area contributed by atoms with Crippen LogP contribution in [0.25, 0.3) is 0 Å². The predicted molar refractivity (Wildman–Crippen MR) is 165 cm³/mol. The minimum Gasteiger partial charge on any atom is -0.494 e. The standard InChI is InChI=1S/C35H28Cl2N2O4/c1-2-43-23-18-16-22(17-19-23)38-31(40)28(20-21-10-4-3-5-11-21)39-32(41)29-30(33(39)42)35(37)25-13-7-6-12-24(25)34(29,36)26-14-8-9-15-27(26)35/h3-19,28-30H,2,20H2,1H3,(H,38,40)/t28-,29-,30+,34?,35?/m1/s1. The molecule has 3 amide bonds. The molecule has 3 aliphatic carbocycles. The molecule has 3 atom stereocenters. The number of hydrogen-bond acceptors (Lipinski definition) is 4. The normalized spacial score (nSPS) is 25.5. The van der Waals surface area contributed by atoms with Crippen LogP contribution in [-0.4, -0.2) is 35.3 Å². The van der Waals surface area contributed by atoms with Crippen molar-refractivity contribution in [3.05, 3.63) is 131 Å². The minimum atomic E-state index is -1.32. The molecule has 1 heterocycles. The Labute approximate surface area is 259 Å². The van der Waals surface area contributed by atoms with Gasteiger partial charge in [-0.3, -0.25) is 19.3 Å². The van der Waals surface area contributed by atoms with Crippen molar-refractivity contribution in [3.8, 4) is 5.75 Å². The van der Waals surface area contributed by atoms with Gasteiger partial charge in [0.2, 0.25) is 17.7 Å². The Morgan fingerprint density at radius 1 is 0.767 bits per heavy atom. The van der Waals surface area contributed by atoms with E-state index in [0.717, 1.165) is 10.5 Å². The number of amides is 3. The van der Waals surface area contributed by atoms with Gasteiger partial charge in [0.1, 0.15) is 21.5 Å². The van der Waals surface area contributed by atoms with Crippen LogP contribution in [0.1, 0.15) is 34.7 Å². The molecule has 4 aliphatic rings. The van der Waals surface area contributed by atoms with Gasteiger partial charge < -0.3 is 10.1 Å². The number of halogens is 2. The second-order valence-electron chi connectivity index (χ2n) is 11.2. The molecule has 0 aromatic heterocycles. The van der Waals surface area contributed by atoms with Gasteiger partial charge in [-0.1, -0.05) is 78.9 Å². The van der Waals surface area contributed by atoms with Gasteiger partial charge in [-0.05, 0) is 59.0 Å². The number of anilines is 1. The van der Waals surface area contributed by atoms with E-state index in [0.29, 0.717) is 40.3 Å². The quantitative estimate of drug-likeness (QED) is 0.199. The molecule has 216 valence electrons. The second kappa shape index (κ2) is 10.2. The fraction of sp³-hybridized carbons (Fsp3) is 0.229. The molecule has 1 saturated heterocycles. The first-order chi connectivity index (χ1) is 20.8. The van der Waals surface area contributed by atoms with Crippen LogP contribution < -0.4 is 10.1 Å². The number of imide groups is 1. The highest BCUT2D eigenvalue weighted by atomic mass is 35.5. The largest absolute Gasteiger partial charge is 0.494 e. The average molecular weight is 612 g/mol. The number of hydrogen-bond donors (Lipinski definition) is 1. The maximum Gasteiger partial charge on any atom is 0.248 e. The first-order valence-corrected chi connectivity index (χ1v) is 15.1. The molecular weight excluding hydrogens is 583 g/mol. The van der Waals surface area contributed by atoms with E-state index in [1.165, 1.54) is 0 Å². The maximum absolute atomic E-state index is 14.6. The van der Waals surface area contributed by atoms with Crippen molar-refractivity contribution in [2.75, 3.05) is 11.9 Å². The Hall–Kier alpha value is -4.13. The number of nitrogens with one attached hydrogen (secondary N) is 1. The molecule has 0 unspecified atom stereocenters. The van der Waals surface area contributed by atoms with Crippen LogP contribution in [0, 0.1) is 11.8 Å². The van der Waals surface area contributed by atoms with Crippen LogP contribution in [-0.2, 0) is 30.6 Å². The van der Waals surface area contributed by atoms with Gasteiger partial charge in [0.15, 0.2) is 0 Å². The molecule has 6 nitrogen and oxygen atoms in total. The molecule has 1 fully saturated rings. The maximum atomic E-state index is 14.6. The number of alkyl halides is 2. The van der Waals surface area contributed by atoms with E-state index in [2.05, 4.69) is 5.32 Å². The van der Waals surface area contributed by atoms with E-state index in [1.807, 2.05) is 85.8 Å². The molecule has 43 heavy (non-hydrogen) atoms. The number of likely N-dealkylation sites (tertiary alicyclic amines) is 1. The van der Waals surface area contributed by atoms with Crippen LogP contribution in [0.3, 0.4) is 0 Å². The first-order valence-electron chi connectivity index (χ1n) is 14.3. The SMILES string of the molecule is CCOc1ccc(NC(=O)[C@@H](Cc2ccccc2)N2C(=O)[C@@H]3[C@H](C2=O)C2(Cl)c4ccccc4C3(Cl)c3ccccc32)cc1. The number of carbonyl (C=O) groups is 3. The summed E-state index contributed by atoms with van der Waals surface area (Å²) in [6, 6.07) is 30.2. The lowest BCUT2D eigenvalue weighted by atomic mass is 9.54. The van der Waals surface area contributed by atoms with Crippen LogP contribution >= 0.6 is 23.2 Å². The molecule has 4 aromatic rings. The van der Waals surface area contributed by atoms with Crippen LogP contribution in [0.5, 0.6) is 5.75 Å². The zero-order valence-electron chi connectivity index (χ0n) is 23.3. The van der Waals surface area contributed by atoms with Crippen molar-refractivity contribution in [2.24, 2.45) is 11.8 Å². The fourth-order valence-electron chi connectivity index (χ4n) is 7.16. The van der Waals surface area contributed by atoms with Gasteiger partial charge in [-0.15, -0.1) is 23.2 Å². The first kappa shape index (κ1) is 27.7. The molecule has 4 aromatic carbocycles. The van der Waals surface area contributed by atoms with Crippen LogP contribution in [0.2, 0.25) is 0 Å². The Morgan fingerprint density at radius 3 is 1.70 bits per heavy atom. The van der Waals surface area contributed by atoms with Crippen molar-refractivity contribution in [3.63, 3.8) is 0 Å². The molecule has 8 rings (SSSR count). The van der Waals surface area contributed by atoms with Crippen molar-refractivity contribution >= 4 is 46.6 Å². The summed E-state index contributed by atoms with van der Waals surface area (Å²) < 4.78 is 5.52. The number of rotatable bonds is 7. The summed E-state index contributed by atoms with van der Waals surface area (Å²) >= 11 is 15.2. The van der Waals surface area contributed by atoms with Gasteiger partial charge >= 0.3 is 0 Å². The third kappa shape index (κ3) is 3.96. The van der Waals surface area contributed by atoms with Gasteiger partial charge in [-0.2, -0.15) is 0 Å².